The molecule has 0 N–H and O–H groups in total. The van der Waals surface area contributed by atoms with Gasteiger partial charge in [-0.3, -0.25) is 0 Å². The Hall–Kier alpha value is -1.06. The second kappa shape index (κ2) is 13.4. The molecule has 1 aromatic rings. The summed E-state index contributed by atoms with van der Waals surface area (Å²) in [5.74, 6) is 3.44. The van der Waals surface area contributed by atoms with Gasteiger partial charge in [-0.2, -0.15) is 0 Å². The van der Waals surface area contributed by atoms with Gasteiger partial charge >= 0.3 is 0 Å². The minimum atomic E-state index is -0.218. The molecule has 170 valence electrons. The predicted molar refractivity (Wildman–Crippen MR) is 124 cm³/mol. The first-order valence-electron chi connectivity index (χ1n) is 12.7. The van der Waals surface area contributed by atoms with Crippen molar-refractivity contribution in [1.82, 2.24) is 0 Å². The van der Waals surface area contributed by atoms with Crippen LogP contribution in [0.5, 0.6) is 5.75 Å². The molecule has 1 saturated heterocycles. The standard InChI is InChI=1S/C27H44O3/c1-3-5-6-9-24-20-29-27(30-21-24)25-15-17-26(18-16-25)28-19-7-10-23-13-11-22(8-4-2)12-14-23/h15-18,22-24,27H,3-14,19-21H2,1-2H3/t22-,23-,24-,27-. The van der Waals surface area contributed by atoms with Crippen molar-refractivity contribution < 1.29 is 14.2 Å². The number of unbranched alkanes of at least 4 members (excludes halogenated alkanes) is 2. The second-order valence-electron chi connectivity index (χ2n) is 9.60. The van der Waals surface area contributed by atoms with Crippen LogP contribution in [-0.2, 0) is 9.47 Å². The molecular weight excluding hydrogens is 372 g/mol. The summed E-state index contributed by atoms with van der Waals surface area (Å²) in [5.41, 5.74) is 1.10. The highest BCUT2D eigenvalue weighted by Crippen LogP contribution is 2.34. The molecule has 1 aliphatic carbocycles. The minimum Gasteiger partial charge on any atom is -0.494 e. The first kappa shape index (κ1) is 23.6. The highest BCUT2D eigenvalue weighted by Gasteiger charge is 2.23. The van der Waals surface area contributed by atoms with Crippen molar-refractivity contribution >= 4 is 0 Å². The van der Waals surface area contributed by atoms with E-state index in [1.54, 1.807) is 0 Å². The maximum absolute atomic E-state index is 5.99. The molecule has 0 spiro atoms. The van der Waals surface area contributed by atoms with Gasteiger partial charge in [-0.05, 0) is 43.2 Å². The van der Waals surface area contributed by atoms with Gasteiger partial charge in [0.05, 0.1) is 19.8 Å². The Kier molecular flexibility index (Phi) is 10.5. The molecule has 0 aromatic heterocycles. The molecule has 3 rings (SSSR count). The summed E-state index contributed by atoms with van der Waals surface area (Å²) >= 11 is 0. The largest absolute Gasteiger partial charge is 0.494 e. The summed E-state index contributed by atoms with van der Waals surface area (Å²) in [6, 6.07) is 8.30. The molecule has 30 heavy (non-hydrogen) atoms. The van der Waals surface area contributed by atoms with Gasteiger partial charge in [0.1, 0.15) is 5.75 Å². The Morgan fingerprint density at radius 2 is 1.37 bits per heavy atom. The molecular formula is C27H44O3. The van der Waals surface area contributed by atoms with Crippen molar-refractivity contribution in [3.8, 4) is 5.75 Å². The average molecular weight is 417 g/mol. The fourth-order valence-electron chi connectivity index (χ4n) is 5.09. The first-order chi connectivity index (χ1) is 14.8. The number of ether oxygens (including phenoxy) is 3. The minimum absolute atomic E-state index is 0.218. The van der Waals surface area contributed by atoms with E-state index in [1.807, 2.05) is 0 Å². The Morgan fingerprint density at radius 1 is 0.733 bits per heavy atom. The molecule has 1 aliphatic heterocycles. The van der Waals surface area contributed by atoms with Crippen LogP contribution in [0.1, 0.15) is 103 Å². The lowest BCUT2D eigenvalue weighted by Crippen LogP contribution is -2.27. The lowest BCUT2D eigenvalue weighted by Gasteiger charge is -2.29. The molecule has 2 aliphatic rings. The van der Waals surface area contributed by atoms with Crippen molar-refractivity contribution in [2.75, 3.05) is 19.8 Å². The van der Waals surface area contributed by atoms with Crippen LogP contribution in [0, 0.1) is 17.8 Å². The van der Waals surface area contributed by atoms with Crippen molar-refractivity contribution in [3.63, 3.8) is 0 Å². The summed E-state index contributed by atoms with van der Waals surface area (Å²) < 4.78 is 17.9. The van der Waals surface area contributed by atoms with Gasteiger partial charge < -0.3 is 14.2 Å². The van der Waals surface area contributed by atoms with E-state index < -0.39 is 0 Å². The maximum atomic E-state index is 5.99. The van der Waals surface area contributed by atoms with Crippen LogP contribution >= 0.6 is 0 Å². The highest BCUT2D eigenvalue weighted by molar-refractivity contribution is 5.28. The van der Waals surface area contributed by atoms with E-state index in [9.17, 15) is 0 Å². The van der Waals surface area contributed by atoms with Gasteiger partial charge in [-0.25, -0.2) is 0 Å². The molecule has 0 bridgehead atoms. The third-order valence-corrected chi connectivity index (χ3v) is 7.02. The highest BCUT2D eigenvalue weighted by atomic mass is 16.7. The molecule has 3 nitrogen and oxygen atoms in total. The number of hydrogen-bond donors (Lipinski definition) is 0. The molecule has 0 unspecified atom stereocenters. The summed E-state index contributed by atoms with van der Waals surface area (Å²) in [4.78, 5) is 0. The van der Waals surface area contributed by atoms with E-state index in [0.29, 0.717) is 5.92 Å². The van der Waals surface area contributed by atoms with Crippen molar-refractivity contribution in [1.29, 1.82) is 0 Å². The van der Waals surface area contributed by atoms with Crippen LogP contribution in [0.4, 0.5) is 0 Å². The van der Waals surface area contributed by atoms with Crippen LogP contribution in [0.25, 0.3) is 0 Å². The molecule has 1 saturated carbocycles. The molecule has 1 heterocycles. The number of benzene rings is 1. The lowest BCUT2D eigenvalue weighted by molar-refractivity contribution is -0.206. The Bertz CT molecular complexity index is 554. The molecule has 3 heteroatoms. The van der Waals surface area contributed by atoms with Crippen molar-refractivity contribution in [3.05, 3.63) is 29.8 Å². The van der Waals surface area contributed by atoms with E-state index in [4.69, 9.17) is 14.2 Å². The monoisotopic (exact) mass is 416 g/mol. The fraction of sp³-hybridized carbons (Fsp3) is 0.778. The van der Waals surface area contributed by atoms with E-state index in [1.165, 1.54) is 77.0 Å². The maximum Gasteiger partial charge on any atom is 0.183 e. The fourth-order valence-corrected chi connectivity index (χ4v) is 5.09. The first-order valence-corrected chi connectivity index (χ1v) is 12.7. The molecule has 1 aromatic carbocycles. The third kappa shape index (κ3) is 7.89. The zero-order valence-electron chi connectivity index (χ0n) is 19.5. The van der Waals surface area contributed by atoms with Crippen LogP contribution in [0.2, 0.25) is 0 Å². The van der Waals surface area contributed by atoms with Crippen LogP contribution in [0.3, 0.4) is 0 Å². The lowest BCUT2D eigenvalue weighted by atomic mass is 9.78. The normalized spacial score (nSPS) is 27.1. The summed E-state index contributed by atoms with van der Waals surface area (Å²) in [5, 5.41) is 0. The zero-order chi connectivity index (χ0) is 21.0. The Balaban J connectivity index is 1.29. The van der Waals surface area contributed by atoms with Gasteiger partial charge in [-0.1, -0.05) is 83.8 Å². The average Bonchev–Trinajstić information content (AvgIpc) is 2.79. The van der Waals surface area contributed by atoms with E-state index in [0.717, 1.165) is 43.0 Å². The van der Waals surface area contributed by atoms with Gasteiger partial charge in [-0.15, -0.1) is 0 Å². The second-order valence-corrected chi connectivity index (χ2v) is 9.60. The van der Waals surface area contributed by atoms with E-state index in [-0.39, 0.29) is 6.29 Å². The molecule has 0 radical (unpaired) electrons. The molecule has 0 atom stereocenters. The van der Waals surface area contributed by atoms with Gasteiger partial charge in [0.15, 0.2) is 6.29 Å². The molecule has 0 amide bonds. The van der Waals surface area contributed by atoms with Gasteiger partial charge in [0, 0.05) is 11.5 Å². The molecule has 2 fully saturated rings. The Labute approximate surface area is 184 Å². The van der Waals surface area contributed by atoms with E-state index in [2.05, 4.69) is 38.1 Å². The van der Waals surface area contributed by atoms with Crippen molar-refractivity contribution in [2.45, 2.75) is 97.2 Å². The predicted octanol–water partition coefficient (Wildman–Crippen LogP) is 7.69. The number of hydrogen-bond acceptors (Lipinski definition) is 3. The summed E-state index contributed by atoms with van der Waals surface area (Å²) in [7, 11) is 0. The van der Waals surface area contributed by atoms with Gasteiger partial charge in [0.25, 0.3) is 0 Å². The van der Waals surface area contributed by atoms with Crippen LogP contribution in [-0.4, -0.2) is 19.8 Å². The van der Waals surface area contributed by atoms with Crippen LogP contribution < -0.4 is 4.74 Å². The SMILES string of the molecule is CCCCC[C@H]1CO[C@H](c2ccc(OCCC[C@H]3CC[C@H](CCC)CC3)cc2)OC1. The summed E-state index contributed by atoms with van der Waals surface area (Å²) in [6.07, 6.45) is 15.9. The topological polar surface area (TPSA) is 27.7 Å². The Morgan fingerprint density at radius 3 is 2.00 bits per heavy atom. The summed E-state index contributed by atoms with van der Waals surface area (Å²) in [6.45, 7) is 7.01. The van der Waals surface area contributed by atoms with E-state index >= 15 is 0 Å². The third-order valence-electron chi connectivity index (χ3n) is 7.02. The quantitative estimate of drug-likeness (QED) is 0.327. The zero-order valence-corrected chi connectivity index (χ0v) is 19.5. The van der Waals surface area contributed by atoms with Crippen molar-refractivity contribution in [2.24, 2.45) is 17.8 Å². The number of rotatable bonds is 12. The van der Waals surface area contributed by atoms with Crippen LogP contribution in [0.15, 0.2) is 24.3 Å². The van der Waals surface area contributed by atoms with Gasteiger partial charge in [0.2, 0.25) is 0 Å². The smallest absolute Gasteiger partial charge is 0.183 e.